The largest absolute Gasteiger partial charge is 0.290 e. The minimum absolute atomic E-state index is 0.0988. The van der Waals surface area contributed by atoms with Crippen LogP contribution in [0.1, 0.15) is 25.7 Å². The second-order valence-corrected chi connectivity index (χ2v) is 7.76. The van der Waals surface area contributed by atoms with Gasteiger partial charge in [-0.1, -0.05) is 12.1 Å². The van der Waals surface area contributed by atoms with Crippen LogP contribution in [0, 0.1) is 5.82 Å². The van der Waals surface area contributed by atoms with Gasteiger partial charge in [-0.15, -0.1) is 0 Å². The van der Waals surface area contributed by atoms with Crippen molar-refractivity contribution in [3.05, 3.63) is 58.4 Å². The fourth-order valence-corrected chi connectivity index (χ4v) is 3.27. The van der Waals surface area contributed by atoms with E-state index in [1.165, 1.54) is 34.9 Å². The standard InChI is InChI=1S/C17H17FN4O3S/c1-10(2)22-15(23)8-7-12-16(11-5-3-4-6-13(11)18)20-14(21-17(12)22)9-26(19,24)25/h3-8,10H,9H2,1-2H3,(H2,19,24,25). The van der Waals surface area contributed by atoms with Gasteiger partial charge in [0.1, 0.15) is 23.0 Å². The molecule has 7 nitrogen and oxygen atoms in total. The molecule has 3 rings (SSSR count). The van der Waals surface area contributed by atoms with Crippen LogP contribution in [0.25, 0.3) is 22.3 Å². The van der Waals surface area contributed by atoms with Crippen molar-refractivity contribution in [2.75, 3.05) is 0 Å². The van der Waals surface area contributed by atoms with Crippen LogP contribution in [0.3, 0.4) is 0 Å². The maximum Gasteiger partial charge on any atom is 0.252 e. The highest BCUT2D eigenvalue weighted by atomic mass is 32.2. The van der Waals surface area contributed by atoms with Crippen molar-refractivity contribution in [1.82, 2.24) is 14.5 Å². The Kier molecular flexibility index (Phi) is 4.59. The number of fused-ring (bicyclic) bond motifs is 1. The third-order valence-corrected chi connectivity index (χ3v) is 4.47. The van der Waals surface area contributed by atoms with Crippen LogP contribution in [0.5, 0.6) is 0 Å². The molecule has 0 aliphatic carbocycles. The molecule has 2 heterocycles. The van der Waals surface area contributed by atoms with Crippen LogP contribution in [-0.4, -0.2) is 23.0 Å². The SMILES string of the molecule is CC(C)n1c(=O)ccc2c(-c3ccccc3F)nc(CS(N)(=O)=O)nc21. The topological polar surface area (TPSA) is 108 Å². The molecule has 0 radical (unpaired) electrons. The van der Waals surface area contributed by atoms with Crippen LogP contribution < -0.4 is 10.7 Å². The first-order chi connectivity index (χ1) is 12.2. The van der Waals surface area contributed by atoms with E-state index in [2.05, 4.69) is 9.97 Å². The van der Waals surface area contributed by atoms with Gasteiger partial charge in [0.05, 0.1) is 5.69 Å². The number of primary sulfonamides is 1. The van der Waals surface area contributed by atoms with Gasteiger partial charge in [-0.05, 0) is 32.0 Å². The Morgan fingerprint density at radius 2 is 1.85 bits per heavy atom. The summed E-state index contributed by atoms with van der Waals surface area (Å²) in [7, 11) is -3.90. The summed E-state index contributed by atoms with van der Waals surface area (Å²) in [5.74, 6) is -1.24. The van der Waals surface area contributed by atoms with E-state index >= 15 is 0 Å². The van der Waals surface area contributed by atoms with Crippen LogP contribution >= 0.6 is 0 Å². The van der Waals surface area contributed by atoms with Gasteiger partial charge in [-0.25, -0.2) is 27.9 Å². The first-order valence-electron chi connectivity index (χ1n) is 7.85. The van der Waals surface area contributed by atoms with Gasteiger partial charge in [-0.3, -0.25) is 9.36 Å². The molecule has 0 aliphatic heterocycles. The number of hydrogen-bond acceptors (Lipinski definition) is 5. The summed E-state index contributed by atoms with van der Waals surface area (Å²) in [6.45, 7) is 3.59. The van der Waals surface area contributed by atoms with Crippen molar-refractivity contribution < 1.29 is 12.8 Å². The number of nitrogens with zero attached hydrogens (tertiary/aromatic N) is 3. The number of benzene rings is 1. The zero-order chi connectivity index (χ0) is 19.1. The normalized spacial score (nSPS) is 12.0. The average molecular weight is 376 g/mol. The van der Waals surface area contributed by atoms with E-state index in [0.717, 1.165) is 0 Å². The van der Waals surface area contributed by atoms with E-state index in [-0.39, 0.29) is 34.3 Å². The minimum atomic E-state index is -3.90. The summed E-state index contributed by atoms with van der Waals surface area (Å²) < 4.78 is 38.7. The first-order valence-corrected chi connectivity index (χ1v) is 9.56. The molecule has 0 fully saturated rings. The second-order valence-electron chi connectivity index (χ2n) is 6.15. The van der Waals surface area contributed by atoms with E-state index in [4.69, 9.17) is 5.14 Å². The predicted molar refractivity (Wildman–Crippen MR) is 96.4 cm³/mol. The van der Waals surface area contributed by atoms with E-state index in [0.29, 0.717) is 5.39 Å². The maximum atomic E-state index is 14.3. The van der Waals surface area contributed by atoms with Gasteiger partial charge < -0.3 is 0 Å². The lowest BCUT2D eigenvalue weighted by Crippen LogP contribution is -2.23. The molecule has 2 aromatic heterocycles. The highest BCUT2D eigenvalue weighted by Gasteiger charge is 2.19. The average Bonchev–Trinajstić information content (AvgIpc) is 2.52. The van der Waals surface area contributed by atoms with Crippen molar-refractivity contribution in [3.63, 3.8) is 0 Å². The van der Waals surface area contributed by atoms with E-state index in [1.54, 1.807) is 19.9 Å². The molecular formula is C17H17FN4O3S. The maximum absolute atomic E-state index is 14.3. The zero-order valence-electron chi connectivity index (χ0n) is 14.2. The summed E-state index contributed by atoms with van der Waals surface area (Å²) in [5.41, 5.74) is 0.331. The van der Waals surface area contributed by atoms with Gasteiger partial charge >= 0.3 is 0 Å². The Morgan fingerprint density at radius 3 is 2.46 bits per heavy atom. The third kappa shape index (κ3) is 3.49. The Morgan fingerprint density at radius 1 is 1.15 bits per heavy atom. The molecule has 0 atom stereocenters. The second kappa shape index (κ2) is 6.58. The third-order valence-electron chi connectivity index (χ3n) is 3.81. The predicted octanol–water partition coefficient (Wildman–Crippen LogP) is 1.97. The molecule has 0 saturated heterocycles. The van der Waals surface area contributed by atoms with E-state index in [1.807, 2.05) is 0 Å². The molecule has 0 spiro atoms. The Labute approximate surface area is 149 Å². The lowest BCUT2D eigenvalue weighted by molar-refractivity contribution is 0.591. The number of rotatable bonds is 4. The van der Waals surface area contributed by atoms with E-state index in [9.17, 15) is 17.6 Å². The van der Waals surface area contributed by atoms with E-state index < -0.39 is 21.6 Å². The molecule has 0 saturated carbocycles. The number of pyridine rings is 1. The Balaban J connectivity index is 2.44. The van der Waals surface area contributed by atoms with Gasteiger partial charge in [-0.2, -0.15) is 0 Å². The van der Waals surface area contributed by atoms with Crippen molar-refractivity contribution >= 4 is 21.1 Å². The number of nitrogens with two attached hydrogens (primary N) is 1. The molecular weight excluding hydrogens is 359 g/mol. The van der Waals surface area contributed by atoms with Gasteiger partial charge in [0.15, 0.2) is 0 Å². The molecule has 26 heavy (non-hydrogen) atoms. The van der Waals surface area contributed by atoms with Crippen LogP contribution in [0.15, 0.2) is 41.2 Å². The molecule has 3 aromatic rings. The van der Waals surface area contributed by atoms with Gasteiger partial charge in [0, 0.05) is 23.1 Å². The lowest BCUT2D eigenvalue weighted by atomic mass is 10.1. The van der Waals surface area contributed by atoms with Gasteiger partial charge in [0.2, 0.25) is 10.0 Å². The molecule has 136 valence electrons. The summed E-state index contributed by atoms with van der Waals surface area (Å²) >= 11 is 0. The summed E-state index contributed by atoms with van der Waals surface area (Å²) in [6, 6.07) is 8.62. The number of halogens is 1. The molecule has 9 heteroatoms. The van der Waals surface area contributed by atoms with Crippen molar-refractivity contribution in [2.45, 2.75) is 25.6 Å². The number of sulfonamides is 1. The first kappa shape index (κ1) is 18.2. The van der Waals surface area contributed by atoms with Crippen molar-refractivity contribution in [1.29, 1.82) is 0 Å². The lowest BCUT2D eigenvalue weighted by Gasteiger charge is -2.16. The quantitative estimate of drug-likeness (QED) is 0.749. The summed E-state index contributed by atoms with van der Waals surface area (Å²) in [6.07, 6.45) is 0. The van der Waals surface area contributed by atoms with Crippen LogP contribution in [-0.2, 0) is 15.8 Å². The molecule has 1 aromatic carbocycles. The number of hydrogen-bond donors (Lipinski definition) is 1. The van der Waals surface area contributed by atoms with Crippen LogP contribution in [0.2, 0.25) is 0 Å². The molecule has 0 amide bonds. The minimum Gasteiger partial charge on any atom is -0.290 e. The van der Waals surface area contributed by atoms with Crippen LogP contribution in [0.4, 0.5) is 4.39 Å². The van der Waals surface area contributed by atoms with Gasteiger partial charge in [0.25, 0.3) is 5.56 Å². The highest BCUT2D eigenvalue weighted by molar-refractivity contribution is 7.88. The fourth-order valence-electron chi connectivity index (χ4n) is 2.78. The summed E-state index contributed by atoms with van der Waals surface area (Å²) in [5, 5.41) is 5.55. The zero-order valence-corrected chi connectivity index (χ0v) is 15.0. The molecule has 0 unspecified atom stereocenters. The molecule has 2 N–H and O–H groups in total. The molecule has 0 bridgehead atoms. The van der Waals surface area contributed by atoms with Crippen molar-refractivity contribution in [3.8, 4) is 11.3 Å². The summed E-state index contributed by atoms with van der Waals surface area (Å²) in [4.78, 5) is 20.7. The highest BCUT2D eigenvalue weighted by Crippen LogP contribution is 2.28. The smallest absolute Gasteiger partial charge is 0.252 e. The fraction of sp³-hybridized carbons (Fsp3) is 0.235. The van der Waals surface area contributed by atoms with Crippen molar-refractivity contribution in [2.24, 2.45) is 5.14 Å². The molecule has 0 aliphatic rings. The number of aromatic nitrogens is 3. The Hall–Kier alpha value is -2.65. The monoisotopic (exact) mass is 376 g/mol. The Bertz CT molecular complexity index is 1160.